The summed E-state index contributed by atoms with van der Waals surface area (Å²) in [4.78, 5) is 14.1. The lowest BCUT2D eigenvalue weighted by atomic mass is 10.00. The number of nitrogens with zero attached hydrogens (tertiary/aromatic N) is 1. The lowest BCUT2D eigenvalue weighted by Crippen LogP contribution is -2.35. The second kappa shape index (κ2) is 2.97. The van der Waals surface area contributed by atoms with Gasteiger partial charge in [-0.3, -0.25) is 10.1 Å². The fourth-order valence-electron chi connectivity index (χ4n) is 2.94. The van der Waals surface area contributed by atoms with Crippen molar-refractivity contribution in [2.75, 3.05) is 13.2 Å². The molecule has 1 heterocycles. The molecule has 15 heavy (non-hydrogen) atoms. The maximum atomic E-state index is 12.1. The van der Waals surface area contributed by atoms with Crippen molar-refractivity contribution in [3.05, 3.63) is 0 Å². The Labute approximate surface area is 91.2 Å². The first kappa shape index (κ1) is 9.64. The van der Waals surface area contributed by atoms with E-state index in [0.717, 1.165) is 26.1 Å². The highest BCUT2D eigenvalue weighted by Gasteiger charge is 2.57. The van der Waals surface area contributed by atoms with Crippen molar-refractivity contribution in [3.8, 4) is 0 Å². The van der Waals surface area contributed by atoms with Gasteiger partial charge in [0.2, 0.25) is 5.91 Å². The van der Waals surface area contributed by atoms with Crippen LogP contribution in [0.15, 0.2) is 0 Å². The smallest absolute Gasteiger partial charge is 0.243 e. The average Bonchev–Trinajstić information content (AvgIpc) is 3.07. The van der Waals surface area contributed by atoms with Crippen LogP contribution in [0.3, 0.4) is 0 Å². The molecule has 3 aliphatic rings. The number of rotatable bonds is 4. The van der Waals surface area contributed by atoms with Crippen LogP contribution in [0.2, 0.25) is 0 Å². The lowest BCUT2D eigenvalue weighted by molar-refractivity contribution is -0.130. The third-order valence-corrected chi connectivity index (χ3v) is 4.32. The molecular formula is C12H20N2O. The van der Waals surface area contributed by atoms with Crippen molar-refractivity contribution in [3.63, 3.8) is 0 Å². The van der Waals surface area contributed by atoms with Gasteiger partial charge >= 0.3 is 0 Å². The van der Waals surface area contributed by atoms with Crippen LogP contribution in [-0.4, -0.2) is 29.6 Å². The zero-order valence-electron chi connectivity index (χ0n) is 9.51. The zero-order chi connectivity index (χ0) is 10.5. The third kappa shape index (κ3) is 1.48. The molecule has 3 heteroatoms. The fourth-order valence-corrected chi connectivity index (χ4v) is 2.94. The van der Waals surface area contributed by atoms with Gasteiger partial charge in [-0.15, -0.1) is 0 Å². The minimum atomic E-state index is -0.0949. The predicted molar refractivity (Wildman–Crippen MR) is 58.3 cm³/mol. The molecule has 0 atom stereocenters. The molecule has 1 N–H and O–H groups in total. The van der Waals surface area contributed by atoms with E-state index in [0.29, 0.717) is 11.3 Å². The molecule has 1 saturated heterocycles. The molecule has 3 rings (SSSR count). The van der Waals surface area contributed by atoms with E-state index in [1.165, 1.54) is 25.7 Å². The topological polar surface area (TPSA) is 32.3 Å². The van der Waals surface area contributed by atoms with Crippen LogP contribution in [0.25, 0.3) is 0 Å². The van der Waals surface area contributed by atoms with Crippen LogP contribution >= 0.6 is 0 Å². The Bertz CT molecular complexity index is 292. The van der Waals surface area contributed by atoms with E-state index >= 15 is 0 Å². The largest absolute Gasteiger partial charge is 0.328 e. The molecule has 2 saturated carbocycles. The van der Waals surface area contributed by atoms with Gasteiger partial charge in [-0.05, 0) is 37.5 Å². The molecule has 1 aliphatic heterocycles. The molecule has 84 valence electrons. The third-order valence-electron chi connectivity index (χ3n) is 4.32. The Balaban J connectivity index is 1.62. The van der Waals surface area contributed by atoms with Crippen molar-refractivity contribution in [1.82, 2.24) is 10.2 Å². The molecule has 0 unspecified atom stereocenters. The maximum Gasteiger partial charge on any atom is 0.243 e. The highest BCUT2D eigenvalue weighted by Crippen LogP contribution is 2.51. The van der Waals surface area contributed by atoms with E-state index in [9.17, 15) is 4.79 Å². The quantitative estimate of drug-likeness (QED) is 0.759. The second-order valence-corrected chi connectivity index (χ2v) is 5.67. The van der Waals surface area contributed by atoms with Crippen molar-refractivity contribution < 1.29 is 4.79 Å². The molecule has 3 nitrogen and oxygen atoms in total. The average molecular weight is 208 g/mol. The van der Waals surface area contributed by atoms with Gasteiger partial charge in [0.1, 0.15) is 0 Å². The highest BCUT2D eigenvalue weighted by atomic mass is 16.2. The number of hydrogen-bond acceptors (Lipinski definition) is 2. The molecule has 0 radical (unpaired) electrons. The SMILES string of the molecule is CCCC1(CN2CNC3(CC3)C2=O)CC1. The molecular weight excluding hydrogens is 188 g/mol. The Hall–Kier alpha value is -0.570. The highest BCUT2D eigenvalue weighted by molar-refractivity contribution is 5.91. The van der Waals surface area contributed by atoms with Gasteiger partial charge in [-0.2, -0.15) is 0 Å². The van der Waals surface area contributed by atoms with Gasteiger partial charge in [-0.25, -0.2) is 0 Å². The minimum absolute atomic E-state index is 0.0949. The summed E-state index contributed by atoms with van der Waals surface area (Å²) in [6, 6.07) is 0. The van der Waals surface area contributed by atoms with Gasteiger partial charge in [0, 0.05) is 6.54 Å². The lowest BCUT2D eigenvalue weighted by Gasteiger charge is -2.22. The Morgan fingerprint density at radius 3 is 2.53 bits per heavy atom. The molecule has 1 spiro atoms. The van der Waals surface area contributed by atoms with Crippen LogP contribution in [0.5, 0.6) is 0 Å². The number of carbonyl (C=O) groups is 1. The second-order valence-electron chi connectivity index (χ2n) is 5.67. The normalized spacial score (nSPS) is 29.9. The van der Waals surface area contributed by atoms with Gasteiger partial charge in [0.25, 0.3) is 0 Å². The maximum absolute atomic E-state index is 12.1. The summed E-state index contributed by atoms with van der Waals surface area (Å²) < 4.78 is 0. The van der Waals surface area contributed by atoms with Crippen molar-refractivity contribution in [2.24, 2.45) is 5.41 Å². The monoisotopic (exact) mass is 208 g/mol. The number of hydrogen-bond donors (Lipinski definition) is 1. The summed E-state index contributed by atoms with van der Waals surface area (Å²) in [5, 5.41) is 3.38. The van der Waals surface area contributed by atoms with Crippen molar-refractivity contribution in [2.45, 2.75) is 51.0 Å². The number of carbonyl (C=O) groups excluding carboxylic acids is 1. The number of amides is 1. The Kier molecular flexibility index (Phi) is 1.91. The van der Waals surface area contributed by atoms with Crippen LogP contribution in [0.1, 0.15) is 45.4 Å². The van der Waals surface area contributed by atoms with E-state index in [4.69, 9.17) is 0 Å². The van der Waals surface area contributed by atoms with E-state index < -0.39 is 0 Å². The van der Waals surface area contributed by atoms with Crippen LogP contribution in [-0.2, 0) is 4.79 Å². The Morgan fingerprint density at radius 1 is 1.33 bits per heavy atom. The van der Waals surface area contributed by atoms with Gasteiger partial charge < -0.3 is 4.90 Å². The van der Waals surface area contributed by atoms with Gasteiger partial charge in [-0.1, -0.05) is 13.3 Å². The molecule has 2 aliphatic carbocycles. The van der Waals surface area contributed by atoms with E-state index in [1.54, 1.807) is 0 Å². The fraction of sp³-hybridized carbons (Fsp3) is 0.917. The summed E-state index contributed by atoms with van der Waals surface area (Å²) in [7, 11) is 0. The summed E-state index contributed by atoms with van der Waals surface area (Å²) in [5.74, 6) is 0.380. The molecule has 0 aromatic carbocycles. The first-order valence-electron chi connectivity index (χ1n) is 6.24. The number of nitrogens with one attached hydrogen (secondary N) is 1. The molecule has 0 bridgehead atoms. The molecule has 0 aromatic heterocycles. The van der Waals surface area contributed by atoms with Gasteiger partial charge in [0.05, 0.1) is 12.2 Å². The van der Waals surface area contributed by atoms with E-state index in [-0.39, 0.29) is 5.54 Å². The van der Waals surface area contributed by atoms with Crippen LogP contribution < -0.4 is 5.32 Å². The molecule has 0 aromatic rings. The summed E-state index contributed by atoms with van der Waals surface area (Å²) >= 11 is 0. The van der Waals surface area contributed by atoms with Crippen LogP contribution in [0.4, 0.5) is 0 Å². The van der Waals surface area contributed by atoms with Crippen molar-refractivity contribution in [1.29, 1.82) is 0 Å². The molecule has 3 fully saturated rings. The van der Waals surface area contributed by atoms with Gasteiger partial charge in [0.15, 0.2) is 0 Å². The molecule has 1 amide bonds. The van der Waals surface area contributed by atoms with Crippen LogP contribution in [0, 0.1) is 5.41 Å². The summed E-state index contributed by atoms with van der Waals surface area (Å²) in [6.45, 7) is 4.05. The summed E-state index contributed by atoms with van der Waals surface area (Å²) in [5.41, 5.74) is 0.412. The Morgan fingerprint density at radius 2 is 2.07 bits per heavy atom. The standard InChI is InChI=1S/C12H20N2O/c1-2-3-11(4-5-11)8-14-9-13-12(6-7-12)10(14)15/h13H,2-9H2,1H3. The zero-order valence-corrected chi connectivity index (χ0v) is 9.51. The van der Waals surface area contributed by atoms with Crippen molar-refractivity contribution >= 4 is 5.91 Å². The summed E-state index contributed by atoms with van der Waals surface area (Å²) in [6.07, 6.45) is 7.33. The van der Waals surface area contributed by atoms with E-state index in [2.05, 4.69) is 17.1 Å². The minimum Gasteiger partial charge on any atom is -0.328 e. The first-order chi connectivity index (χ1) is 7.20. The predicted octanol–water partition coefficient (Wildman–Crippen LogP) is 1.49. The van der Waals surface area contributed by atoms with E-state index in [1.807, 2.05) is 0 Å². The first-order valence-corrected chi connectivity index (χ1v) is 6.24.